The normalized spacial score (nSPS) is 14.5. The Morgan fingerprint density at radius 1 is 1.03 bits per heavy atom. The molecule has 9 heteroatoms. The van der Waals surface area contributed by atoms with Crippen molar-refractivity contribution in [2.24, 2.45) is 5.73 Å². The van der Waals surface area contributed by atoms with E-state index in [1.807, 2.05) is 17.8 Å². The van der Waals surface area contributed by atoms with Crippen LogP contribution < -0.4 is 5.73 Å². The summed E-state index contributed by atoms with van der Waals surface area (Å²) in [5.41, 5.74) is 8.58. The van der Waals surface area contributed by atoms with Gasteiger partial charge in [-0.1, -0.05) is 53.7 Å². The molecule has 4 rings (SSSR count). The Morgan fingerprint density at radius 3 is 2.35 bits per heavy atom. The molecule has 0 saturated carbocycles. The molecule has 0 saturated heterocycles. The third-order valence-electron chi connectivity index (χ3n) is 5.65. The highest BCUT2D eigenvalue weighted by atomic mass is 35.5. The molecular formula is C28H32Cl2N2O4S. The number of hydrogen-bond donors (Lipinski definition) is 4. The van der Waals surface area contributed by atoms with Crippen LogP contribution in [-0.4, -0.2) is 52.4 Å². The minimum absolute atomic E-state index is 0. The van der Waals surface area contributed by atoms with Crippen LogP contribution in [0.5, 0.6) is 11.5 Å². The predicted octanol–water partition coefficient (Wildman–Crippen LogP) is 6.05. The number of nitrogens with two attached hydrogens (primary N) is 1. The second-order valence-corrected chi connectivity index (χ2v) is 10.7. The van der Waals surface area contributed by atoms with Gasteiger partial charge >= 0.3 is 5.97 Å². The summed E-state index contributed by atoms with van der Waals surface area (Å²) < 4.78 is 0. The minimum atomic E-state index is -1.39. The predicted molar refractivity (Wildman–Crippen MR) is 153 cm³/mol. The van der Waals surface area contributed by atoms with Gasteiger partial charge in [-0.25, -0.2) is 0 Å². The number of phenols is 2. The Hall–Kier alpha value is -2.68. The van der Waals surface area contributed by atoms with E-state index in [0.29, 0.717) is 5.56 Å². The van der Waals surface area contributed by atoms with Gasteiger partial charge in [-0.2, -0.15) is 0 Å². The first-order valence-electron chi connectivity index (χ1n) is 11.4. The fraction of sp³-hybridized carbons (Fsp3) is 0.250. The van der Waals surface area contributed by atoms with Crippen LogP contribution in [-0.2, 0) is 11.2 Å². The summed E-state index contributed by atoms with van der Waals surface area (Å²) in [7, 11) is 4.21. The van der Waals surface area contributed by atoms with Gasteiger partial charge in [0.15, 0.2) is 11.5 Å². The zero-order valence-electron chi connectivity index (χ0n) is 20.9. The van der Waals surface area contributed by atoms with E-state index in [4.69, 9.17) is 27.5 Å². The molecule has 0 spiro atoms. The number of hydrogen-bond acceptors (Lipinski definition) is 6. The number of nitrogens with zero attached hydrogens (tertiary/aromatic N) is 1. The number of aliphatic carboxylic acids is 1. The lowest BCUT2D eigenvalue weighted by atomic mass is 9.94. The highest BCUT2D eigenvalue weighted by Crippen LogP contribution is 2.46. The molecule has 1 aliphatic rings. The van der Waals surface area contributed by atoms with Crippen LogP contribution in [0.15, 0.2) is 76.5 Å². The van der Waals surface area contributed by atoms with Crippen molar-refractivity contribution >= 4 is 47.3 Å². The van der Waals surface area contributed by atoms with Gasteiger partial charge in [-0.15, -0.1) is 12.4 Å². The second kappa shape index (κ2) is 13.2. The molecule has 0 amide bonds. The molecule has 3 aromatic rings. The molecule has 3 aromatic carbocycles. The molecule has 198 valence electrons. The lowest BCUT2D eigenvalue weighted by Gasteiger charge is -2.22. The van der Waals surface area contributed by atoms with Crippen LogP contribution in [0.1, 0.15) is 30.0 Å². The average molecular weight is 564 g/mol. The van der Waals surface area contributed by atoms with E-state index in [1.165, 1.54) is 51.6 Å². The zero-order valence-corrected chi connectivity index (χ0v) is 23.3. The number of carboxylic acids is 1. The summed E-state index contributed by atoms with van der Waals surface area (Å²) in [5.74, 6) is -1.64. The Labute approximate surface area is 233 Å². The Kier molecular flexibility index (Phi) is 10.9. The van der Waals surface area contributed by atoms with Gasteiger partial charge in [0.25, 0.3) is 0 Å². The maximum Gasteiger partial charge on any atom is 0.323 e. The average Bonchev–Trinajstić information content (AvgIpc) is 2.81. The molecular weight excluding hydrogens is 531 g/mol. The largest absolute Gasteiger partial charge is 0.504 e. The van der Waals surface area contributed by atoms with Crippen LogP contribution in [0.25, 0.3) is 5.57 Å². The molecule has 0 fully saturated rings. The van der Waals surface area contributed by atoms with E-state index in [0.717, 1.165) is 18.0 Å². The highest BCUT2D eigenvalue weighted by Gasteiger charge is 2.28. The summed E-state index contributed by atoms with van der Waals surface area (Å²) >= 11 is 8.03. The first-order valence-corrected chi connectivity index (χ1v) is 12.6. The monoisotopic (exact) mass is 562 g/mol. The summed E-state index contributed by atoms with van der Waals surface area (Å²) in [6, 6.07) is 18.9. The van der Waals surface area contributed by atoms with E-state index in [-0.39, 0.29) is 30.3 Å². The van der Waals surface area contributed by atoms with E-state index < -0.39 is 11.5 Å². The number of phenolic OH excluding ortho intramolecular Hbond substituents is 2. The molecule has 0 aliphatic carbocycles. The van der Waals surface area contributed by atoms with Crippen LogP contribution in [0, 0.1) is 0 Å². The lowest BCUT2D eigenvalue weighted by molar-refractivity contribution is -0.142. The summed E-state index contributed by atoms with van der Waals surface area (Å²) in [6.07, 6.45) is 3.46. The van der Waals surface area contributed by atoms with Crippen LogP contribution >= 0.6 is 35.8 Å². The zero-order chi connectivity index (χ0) is 26.5. The van der Waals surface area contributed by atoms with Crippen LogP contribution in [0.2, 0.25) is 5.02 Å². The Morgan fingerprint density at radius 2 is 1.70 bits per heavy atom. The van der Waals surface area contributed by atoms with E-state index in [9.17, 15) is 9.90 Å². The fourth-order valence-corrected chi connectivity index (χ4v) is 4.97. The molecule has 1 heterocycles. The van der Waals surface area contributed by atoms with Gasteiger partial charge in [0.1, 0.15) is 5.54 Å². The van der Waals surface area contributed by atoms with E-state index >= 15 is 0 Å². The van der Waals surface area contributed by atoms with Crippen molar-refractivity contribution in [1.82, 2.24) is 4.90 Å². The number of carboxylic acid groups (broad SMARTS) is 1. The third-order valence-corrected chi connectivity index (χ3v) is 7.04. The molecule has 1 atom stereocenters. The van der Waals surface area contributed by atoms with Gasteiger partial charge < -0.3 is 26.0 Å². The van der Waals surface area contributed by atoms with Gasteiger partial charge in [-0.05, 0) is 86.1 Å². The Balaban J connectivity index is 0.000000268. The van der Waals surface area contributed by atoms with Gasteiger partial charge in [0.2, 0.25) is 0 Å². The first kappa shape index (κ1) is 30.5. The maximum absolute atomic E-state index is 10.7. The summed E-state index contributed by atoms with van der Waals surface area (Å²) in [5, 5.41) is 27.8. The van der Waals surface area contributed by atoms with Crippen molar-refractivity contribution in [2.45, 2.75) is 35.1 Å². The standard InChI is InChI=1S/C18H18ClNS.C10H13NO4.ClH/c1-20(2)11-5-7-14-15-6-3-4-8-17(15)21-18-10-9-13(19)12-16(14)18;1-10(11,9(14)15)5-6-2-3-7(12)8(13)4-6;/h3-4,6-10,12H,5,11H2,1-2H3;2-4,12-13H,5,11H2,1H3,(H,14,15);1H. The van der Waals surface area contributed by atoms with Crippen molar-refractivity contribution in [1.29, 1.82) is 0 Å². The van der Waals surface area contributed by atoms with Gasteiger partial charge in [0.05, 0.1) is 0 Å². The lowest BCUT2D eigenvalue weighted by Crippen LogP contribution is -2.46. The van der Waals surface area contributed by atoms with Crippen molar-refractivity contribution in [2.75, 3.05) is 20.6 Å². The smallest absolute Gasteiger partial charge is 0.323 e. The summed E-state index contributed by atoms with van der Waals surface area (Å²) in [4.78, 5) is 15.6. The quantitative estimate of drug-likeness (QED) is 0.212. The molecule has 1 aliphatic heterocycles. The van der Waals surface area contributed by atoms with E-state index in [2.05, 4.69) is 61.5 Å². The molecule has 0 bridgehead atoms. The maximum atomic E-state index is 10.7. The molecule has 5 N–H and O–H groups in total. The van der Waals surface area contributed by atoms with Crippen molar-refractivity contribution in [3.8, 4) is 11.5 Å². The second-order valence-electron chi connectivity index (χ2n) is 9.17. The first-order chi connectivity index (χ1) is 17.0. The molecule has 1 unspecified atom stereocenters. The highest BCUT2D eigenvalue weighted by molar-refractivity contribution is 7.99. The number of rotatable bonds is 6. The number of aromatic hydroxyl groups is 2. The van der Waals surface area contributed by atoms with Crippen LogP contribution in [0.3, 0.4) is 0 Å². The number of fused-ring (bicyclic) bond motifs is 2. The van der Waals surface area contributed by atoms with E-state index in [1.54, 1.807) is 0 Å². The SMILES string of the molecule is CC(N)(Cc1ccc(O)c(O)c1)C(=O)O.CN(C)CCC=C1c2ccccc2Sc2ccc(Cl)cc21.Cl. The molecule has 6 nitrogen and oxygen atoms in total. The fourth-order valence-electron chi connectivity index (χ4n) is 3.71. The van der Waals surface area contributed by atoms with Crippen LogP contribution in [0.4, 0.5) is 0 Å². The molecule has 37 heavy (non-hydrogen) atoms. The van der Waals surface area contributed by atoms with Crippen molar-refractivity contribution in [3.05, 3.63) is 88.5 Å². The number of benzene rings is 3. The minimum Gasteiger partial charge on any atom is -0.504 e. The van der Waals surface area contributed by atoms with Gasteiger partial charge in [-0.3, -0.25) is 4.79 Å². The van der Waals surface area contributed by atoms with Crippen molar-refractivity contribution in [3.63, 3.8) is 0 Å². The van der Waals surface area contributed by atoms with Crippen molar-refractivity contribution < 1.29 is 20.1 Å². The number of carbonyl (C=O) groups is 1. The van der Waals surface area contributed by atoms with Gasteiger partial charge in [0, 0.05) is 27.8 Å². The number of halogens is 2. The summed E-state index contributed by atoms with van der Waals surface area (Å²) in [6.45, 7) is 2.44. The molecule has 0 radical (unpaired) electrons. The third kappa shape index (κ3) is 8.15. The molecule has 0 aromatic heterocycles. The topological polar surface area (TPSA) is 107 Å². The Bertz CT molecular complexity index is 1280.